The van der Waals surface area contributed by atoms with Crippen LogP contribution in [-0.4, -0.2) is 18.8 Å². The second-order valence-electron chi connectivity index (χ2n) is 3.93. The van der Waals surface area contributed by atoms with Crippen LogP contribution in [0.2, 0.25) is 0 Å². The molecule has 0 saturated heterocycles. The lowest BCUT2D eigenvalue weighted by Crippen LogP contribution is -2.13. The van der Waals surface area contributed by atoms with Crippen molar-refractivity contribution in [1.29, 1.82) is 0 Å². The Bertz CT molecular complexity index is 320. The molecule has 2 heteroatoms. The third-order valence-electron chi connectivity index (χ3n) is 2.93. The zero-order valence-electron chi connectivity index (χ0n) is 8.49. The predicted octanol–water partition coefficient (Wildman–Crippen LogP) is 2.46. The normalized spacial score (nSPS) is 20.5. The van der Waals surface area contributed by atoms with E-state index in [1.54, 1.807) is 13.2 Å². The van der Waals surface area contributed by atoms with Gasteiger partial charge in [0.2, 0.25) is 0 Å². The van der Waals surface area contributed by atoms with E-state index >= 15 is 0 Å². The van der Waals surface area contributed by atoms with Crippen LogP contribution in [0.1, 0.15) is 29.9 Å². The number of ether oxygens (including phenoxy) is 1. The number of aromatic hydroxyl groups is 1. The number of hydrogen-bond acceptors (Lipinski definition) is 2. The summed E-state index contributed by atoms with van der Waals surface area (Å²) in [5.41, 5.74) is 2.65. The monoisotopic (exact) mass is 192 g/mol. The Morgan fingerprint density at radius 3 is 3.14 bits per heavy atom. The summed E-state index contributed by atoms with van der Waals surface area (Å²) in [5, 5.41) is 9.37. The van der Waals surface area contributed by atoms with Crippen molar-refractivity contribution in [3.63, 3.8) is 0 Å². The van der Waals surface area contributed by atoms with Gasteiger partial charge in [-0.3, -0.25) is 0 Å². The van der Waals surface area contributed by atoms with Gasteiger partial charge < -0.3 is 9.84 Å². The highest BCUT2D eigenvalue weighted by atomic mass is 16.5. The topological polar surface area (TPSA) is 29.5 Å². The lowest BCUT2D eigenvalue weighted by molar-refractivity contribution is 0.172. The van der Waals surface area contributed by atoms with Crippen molar-refractivity contribution in [3.05, 3.63) is 29.3 Å². The van der Waals surface area contributed by atoms with E-state index in [9.17, 15) is 5.11 Å². The number of rotatable bonds is 2. The summed E-state index contributed by atoms with van der Waals surface area (Å²) in [6.07, 6.45) is 3.49. The Morgan fingerprint density at radius 2 is 2.36 bits per heavy atom. The average Bonchev–Trinajstić information content (AvgIpc) is 2.18. The maximum absolute atomic E-state index is 9.37. The van der Waals surface area contributed by atoms with Gasteiger partial charge in [-0.15, -0.1) is 0 Å². The highest BCUT2D eigenvalue weighted by Gasteiger charge is 2.19. The molecule has 1 unspecified atom stereocenters. The molecule has 76 valence electrons. The molecule has 0 aliphatic heterocycles. The zero-order valence-corrected chi connectivity index (χ0v) is 8.49. The van der Waals surface area contributed by atoms with Gasteiger partial charge in [0, 0.05) is 13.0 Å². The van der Waals surface area contributed by atoms with Crippen LogP contribution in [0, 0.1) is 0 Å². The van der Waals surface area contributed by atoms with Crippen LogP contribution in [0.4, 0.5) is 0 Å². The van der Waals surface area contributed by atoms with Crippen LogP contribution in [0.3, 0.4) is 0 Å². The van der Waals surface area contributed by atoms with Crippen LogP contribution in [0.5, 0.6) is 5.75 Å². The molecule has 1 aromatic carbocycles. The Kier molecular flexibility index (Phi) is 2.73. The summed E-state index contributed by atoms with van der Waals surface area (Å²) in [6.45, 7) is 0.789. The molecule has 14 heavy (non-hydrogen) atoms. The lowest BCUT2D eigenvalue weighted by atomic mass is 9.83. The Balaban J connectivity index is 2.30. The van der Waals surface area contributed by atoms with Crippen LogP contribution in [0.25, 0.3) is 0 Å². The van der Waals surface area contributed by atoms with E-state index in [0.717, 1.165) is 13.0 Å². The zero-order chi connectivity index (χ0) is 9.97. The SMILES string of the molecule is COCC1CCCc2cc(O)ccc21. The molecule has 1 aliphatic carbocycles. The van der Waals surface area contributed by atoms with E-state index in [4.69, 9.17) is 4.74 Å². The smallest absolute Gasteiger partial charge is 0.115 e. The first-order valence-corrected chi connectivity index (χ1v) is 5.12. The summed E-state index contributed by atoms with van der Waals surface area (Å²) in [7, 11) is 1.74. The molecule has 0 amide bonds. The molecular weight excluding hydrogens is 176 g/mol. The van der Waals surface area contributed by atoms with Gasteiger partial charge in [-0.05, 0) is 42.5 Å². The molecular formula is C12H16O2. The number of hydrogen-bond donors (Lipinski definition) is 1. The lowest BCUT2D eigenvalue weighted by Gasteiger charge is -2.24. The molecule has 0 fully saturated rings. The summed E-state index contributed by atoms with van der Waals surface area (Å²) in [5.74, 6) is 0.895. The van der Waals surface area contributed by atoms with Crippen molar-refractivity contribution in [2.75, 3.05) is 13.7 Å². The van der Waals surface area contributed by atoms with E-state index in [0.29, 0.717) is 11.7 Å². The minimum absolute atomic E-state index is 0.377. The molecule has 1 aromatic rings. The van der Waals surface area contributed by atoms with Gasteiger partial charge in [0.05, 0.1) is 6.61 Å². The average molecular weight is 192 g/mol. The van der Waals surface area contributed by atoms with Crippen molar-refractivity contribution in [2.24, 2.45) is 0 Å². The standard InChI is InChI=1S/C12H16O2/c1-14-8-10-4-2-3-9-7-11(13)5-6-12(9)10/h5-7,10,13H,2-4,8H2,1H3. The van der Waals surface area contributed by atoms with E-state index in [-0.39, 0.29) is 0 Å². The molecule has 1 atom stereocenters. The molecule has 0 spiro atoms. The van der Waals surface area contributed by atoms with Gasteiger partial charge >= 0.3 is 0 Å². The second kappa shape index (κ2) is 4.01. The molecule has 0 heterocycles. The second-order valence-corrected chi connectivity index (χ2v) is 3.93. The number of phenols is 1. The van der Waals surface area contributed by atoms with Crippen molar-refractivity contribution >= 4 is 0 Å². The van der Waals surface area contributed by atoms with E-state index in [1.165, 1.54) is 24.0 Å². The Hall–Kier alpha value is -1.02. The molecule has 0 aromatic heterocycles. The van der Waals surface area contributed by atoms with Crippen LogP contribution < -0.4 is 0 Å². The van der Waals surface area contributed by atoms with E-state index in [1.807, 2.05) is 12.1 Å². The predicted molar refractivity (Wildman–Crippen MR) is 55.7 cm³/mol. The van der Waals surface area contributed by atoms with Crippen molar-refractivity contribution in [2.45, 2.75) is 25.2 Å². The largest absolute Gasteiger partial charge is 0.508 e. The molecule has 0 saturated carbocycles. The minimum Gasteiger partial charge on any atom is -0.508 e. The summed E-state index contributed by atoms with van der Waals surface area (Å²) < 4.78 is 5.21. The fourth-order valence-corrected chi connectivity index (χ4v) is 2.28. The third-order valence-corrected chi connectivity index (χ3v) is 2.93. The van der Waals surface area contributed by atoms with E-state index in [2.05, 4.69) is 0 Å². The Labute approximate surface area is 84.5 Å². The van der Waals surface area contributed by atoms with Gasteiger partial charge in [-0.25, -0.2) is 0 Å². The molecule has 1 N–H and O–H groups in total. The van der Waals surface area contributed by atoms with Crippen LogP contribution in [-0.2, 0) is 11.2 Å². The van der Waals surface area contributed by atoms with E-state index < -0.39 is 0 Å². The van der Waals surface area contributed by atoms with Crippen molar-refractivity contribution < 1.29 is 9.84 Å². The van der Waals surface area contributed by atoms with Gasteiger partial charge in [-0.2, -0.15) is 0 Å². The number of fused-ring (bicyclic) bond motifs is 1. The molecule has 0 radical (unpaired) electrons. The van der Waals surface area contributed by atoms with Gasteiger partial charge in [0.15, 0.2) is 0 Å². The highest BCUT2D eigenvalue weighted by Crippen LogP contribution is 2.33. The number of methoxy groups -OCH3 is 1. The molecule has 0 bridgehead atoms. The minimum atomic E-state index is 0.377. The van der Waals surface area contributed by atoms with Gasteiger partial charge in [-0.1, -0.05) is 6.07 Å². The van der Waals surface area contributed by atoms with Crippen molar-refractivity contribution in [3.8, 4) is 5.75 Å². The maximum Gasteiger partial charge on any atom is 0.115 e. The molecule has 1 aliphatic rings. The molecule has 2 rings (SSSR count). The first-order chi connectivity index (χ1) is 6.81. The van der Waals surface area contributed by atoms with Gasteiger partial charge in [0.25, 0.3) is 0 Å². The fourth-order valence-electron chi connectivity index (χ4n) is 2.28. The first-order valence-electron chi connectivity index (χ1n) is 5.12. The number of benzene rings is 1. The Morgan fingerprint density at radius 1 is 1.50 bits per heavy atom. The fraction of sp³-hybridized carbons (Fsp3) is 0.500. The maximum atomic E-state index is 9.37. The number of phenolic OH excluding ortho intramolecular Hbond substituents is 1. The van der Waals surface area contributed by atoms with Crippen LogP contribution >= 0.6 is 0 Å². The van der Waals surface area contributed by atoms with Gasteiger partial charge in [0.1, 0.15) is 5.75 Å². The third kappa shape index (κ3) is 1.75. The van der Waals surface area contributed by atoms with Crippen molar-refractivity contribution in [1.82, 2.24) is 0 Å². The van der Waals surface area contributed by atoms with Crippen LogP contribution in [0.15, 0.2) is 18.2 Å². The highest BCUT2D eigenvalue weighted by molar-refractivity contribution is 5.38. The summed E-state index contributed by atoms with van der Waals surface area (Å²) >= 11 is 0. The first kappa shape index (κ1) is 9.53. The summed E-state index contributed by atoms with van der Waals surface area (Å²) in [4.78, 5) is 0. The quantitative estimate of drug-likeness (QED) is 0.780. The number of aryl methyl sites for hydroxylation is 1. The molecule has 2 nitrogen and oxygen atoms in total. The summed E-state index contributed by atoms with van der Waals surface area (Å²) in [6, 6.07) is 5.69.